The molecule has 1 saturated heterocycles. The molecule has 4 rings (SSSR count). The topological polar surface area (TPSA) is 143 Å². The Hall–Kier alpha value is -2.55. The normalized spacial score (nSPS) is 24.8. The largest absolute Gasteiger partial charge is 0.463 e. The van der Waals surface area contributed by atoms with Crippen LogP contribution in [0.15, 0.2) is 5.16 Å². The molecule has 14 heteroatoms. The van der Waals surface area contributed by atoms with Crippen molar-refractivity contribution in [1.29, 1.82) is 0 Å². The van der Waals surface area contributed by atoms with E-state index in [-0.39, 0.29) is 6.61 Å². The number of carbonyl (C=O) groups is 4. The summed E-state index contributed by atoms with van der Waals surface area (Å²) in [5, 5.41) is 1.36. The highest BCUT2D eigenvalue weighted by Crippen LogP contribution is 2.39. The van der Waals surface area contributed by atoms with Gasteiger partial charge in [-0.1, -0.05) is 30.4 Å². The number of esters is 4. The molecule has 0 spiro atoms. The van der Waals surface area contributed by atoms with E-state index in [2.05, 4.69) is 4.98 Å². The maximum atomic E-state index is 12.1. The number of fused-ring (bicyclic) bond motifs is 3. The number of ether oxygens (including phenoxy) is 5. The minimum absolute atomic E-state index is 0.297. The summed E-state index contributed by atoms with van der Waals surface area (Å²) in [5.74, 6) is -2.62. The molecule has 39 heavy (non-hydrogen) atoms. The fourth-order valence-electron chi connectivity index (χ4n) is 4.77. The number of carbonyl (C=O) groups excluding carboxylic acids is 4. The molecule has 0 bridgehead atoms. The van der Waals surface area contributed by atoms with Crippen molar-refractivity contribution in [3.8, 4) is 0 Å². The first-order chi connectivity index (χ1) is 18.5. The number of nitrogens with zero attached hydrogens (tertiary/aromatic N) is 1. The molecule has 0 saturated carbocycles. The number of hydrogen-bond acceptors (Lipinski definition) is 13. The van der Waals surface area contributed by atoms with Crippen LogP contribution in [0.25, 0.3) is 10.2 Å². The van der Waals surface area contributed by atoms with Crippen LogP contribution in [0.4, 0.5) is 0 Å². The number of aryl methyl sites for hydroxylation is 2. The third-order valence-corrected chi connectivity index (χ3v) is 8.75. The van der Waals surface area contributed by atoms with Gasteiger partial charge in [-0.15, -0.1) is 11.3 Å². The van der Waals surface area contributed by atoms with Gasteiger partial charge in [0.25, 0.3) is 0 Å². The highest BCUT2D eigenvalue weighted by atomic mass is 32.2. The molecule has 2 aliphatic rings. The summed E-state index contributed by atoms with van der Waals surface area (Å²) in [6, 6.07) is 0. The van der Waals surface area contributed by atoms with Crippen LogP contribution in [0.3, 0.4) is 0 Å². The SMILES string of the molecule is CC(=O)OC[C@H]1O[C@@H](Sc2nc3sc4c(c3c(=S)[nH]2)CCCCC4)[C@H](OC(C)=O)[C@@H](OC(C)=O)[C@H]1OC(C)=O. The molecule has 0 unspecified atom stereocenters. The van der Waals surface area contributed by atoms with Crippen molar-refractivity contribution in [3.05, 3.63) is 15.1 Å². The summed E-state index contributed by atoms with van der Waals surface area (Å²) in [4.78, 5) is 57.7. The minimum Gasteiger partial charge on any atom is -0.463 e. The van der Waals surface area contributed by atoms with Crippen LogP contribution in [0.5, 0.6) is 0 Å². The predicted molar refractivity (Wildman–Crippen MR) is 144 cm³/mol. The van der Waals surface area contributed by atoms with E-state index >= 15 is 0 Å². The molecular formula is C25H30N2O9S3. The molecule has 212 valence electrons. The van der Waals surface area contributed by atoms with Gasteiger partial charge in [-0.2, -0.15) is 0 Å². The second-order valence-electron chi connectivity index (χ2n) is 9.30. The van der Waals surface area contributed by atoms with Crippen molar-refractivity contribution in [3.63, 3.8) is 0 Å². The number of rotatable bonds is 7. The van der Waals surface area contributed by atoms with Gasteiger partial charge in [0.05, 0.1) is 0 Å². The molecular weight excluding hydrogens is 568 g/mol. The summed E-state index contributed by atoms with van der Waals surface area (Å²) < 4.78 is 28.3. The Labute approximate surface area is 238 Å². The third kappa shape index (κ3) is 7.16. The van der Waals surface area contributed by atoms with E-state index in [4.69, 9.17) is 40.9 Å². The van der Waals surface area contributed by atoms with Crippen LogP contribution in [-0.2, 0) is 55.7 Å². The van der Waals surface area contributed by atoms with E-state index in [1.54, 1.807) is 11.3 Å². The van der Waals surface area contributed by atoms with Crippen molar-refractivity contribution < 1.29 is 42.9 Å². The van der Waals surface area contributed by atoms with Crippen LogP contribution in [0.2, 0.25) is 0 Å². The molecule has 2 aromatic heterocycles. The van der Waals surface area contributed by atoms with Gasteiger partial charge in [0.1, 0.15) is 22.2 Å². The monoisotopic (exact) mass is 598 g/mol. The lowest BCUT2D eigenvalue weighted by Crippen LogP contribution is -2.61. The quantitative estimate of drug-likeness (QED) is 0.163. The van der Waals surface area contributed by atoms with Gasteiger partial charge in [0.2, 0.25) is 0 Å². The molecule has 1 aliphatic heterocycles. The first-order valence-electron chi connectivity index (χ1n) is 12.5. The molecule has 1 aliphatic carbocycles. The molecule has 5 atom stereocenters. The first-order valence-corrected chi connectivity index (χ1v) is 14.7. The van der Waals surface area contributed by atoms with Gasteiger partial charge >= 0.3 is 23.9 Å². The number of H-pyrrole nitrogens is 1. The molecule has 1 fully saturated rings. The predicted octanol–water partition coefficient (Wildman–Crippen LogP) is 3.80. The Morgan fingerprint density at radius 3 is 2.26 bits per heavy atom. The average Bonchev–Trinajstić information content (AvgIpc) is 3.02. The van der Waals surface area contributed by atoms with Gasteiger partial charge < -0.3 is 28.7 Å². The molecule has 2 aromatic rings. The van der Waals surface area contributed by atoms with Crippen LogP contribution >= 0.6 is 35.3 Å². The maximum Gasteiger partial charge on any atom is 0.303 e. The van der Waals surface area contributed by atoms with Crippen molar-refractivity contribution in [1.82, 2.24) is 9.97 Å². The zero-order chi connectivity index (χ0) is 28.3. The smallest absolute Gasteiger partial charge is 0.303 e. The Balaban J connectivity index is 1.72. The summed E-state index contributed by atoms with van der Waals surface area (Å²) in [7, 11) is 0. The standard InChI is InChI=1S/C25H30N2O9S3/c1-11(28)32-10-16-19(33-12(2)29)20(34-13(3)30)21(35-14(4)31)24(36-16)39-25-26-22(37)18-15-8-6-5-7-9-17(15)38-23(18)27-25/h16,19-21,24H,5-10H2,1-4H3,(H,26,27,37)/t16-,19+,20+,21-,24+/m1/s1. The third-order valence-electron chi connectivity index (χ3n) is 6.23. The van der Waals surface area contributed by atoms with Crippen molar-refractivity contribution >= 4 is 69.4 Å². The fraction of sp³-hybridized carbons (Fsp3) is 0.600. The number of hydrogen-bond donors (Lipinski definition) is 1. The van der Waals surface area contributed by atoms with E-state index in [1.165, 1.54) is 44.6 Å². The zero-order valence-corrected chi connectivity index (χ0v) is 24.4. The molecule has 11 nitrogen and oxygen atoms in total. The lowest BCUT2D eigenvalue weighted by molar-refractivity contribution is -0.237. The van der Waals surface area contributed by atoms with E-state index in [1.807, 2.05) is 0 Å². The summed E-state index contributed by atoms with van der Waals surface area (Å²) in [6.07, 6.45) is 0.694. The Morgan fingerprint density at radius 1 is 0.949 bits per heavy atom. The van der Waals surface area contributed by atoms with E-state index in [9.17, 15) is 19.2 Å². The van der Waals surface area contributed by atoms with Gasteiger partial charge in [0.15, 0.2) is 28.9 Å². The maximum absolute atomic E-state index is 12.1. The summed E-state index contributed by atoms with van der Waals surface area (Å²) in [5.41, 5.74) is 0.268. The zero-order valence-electron chi connectivity index (χ0n) is 22.0. The van der Waals surface area contributed by atoms with E-state index in [0.29, 0.717) is 9.80 Å². The number of aromatic nitrogens is 2. The van der Waals surface area contributed by atoms with Crippen molar-refractivity contribution in [2.75, 3.05) is 6.61 Å². The summed E-state index contributed by atoms with van der Waals surface area (Å²) >= 11 is 8.43. The summed E-state index contributed by atoms with van der Waals surface area (Å²) in [6.45, 7) is 4.49. The highest BCUT2D eigenvalue weighted by molar-refractivity contribution is 7.99. The number of nitrogens with one attached hydrogen (secondary N) is 1. The Morgan fingerprint density at radius 2 is 1.59 bits per heavy atom. The van der Waals surface area contributed by atoms with E-state index < -0.39 is 53.7 Å². The molecule has 0 amide bonds. The second kappa shape index (κ2) is 12.7. The van der Waals surface area contributed by atoms with Gasteiger partial charge in [0, 0.05) is 38.0 Å². The Kier molecular flexibility index (Phi) is 9.62. The van der Waals surface area contributed by atoms with Crippen LogP contribution < -0.4 is 0 Å². The lowest BCUT2D eigenvalue weighted by Gasteiger charge is -2.43. The molecule has 3 heterocycles. The highest BCUT2D eigenvalue weighted by Gasteiger charge is 2.52. The van der Waals surface area contributed by atoms with Crippen molar-refractivity contribution in [2.24, 2.45) is 0 Å². The van der Waals surface area contributed by atoms with Crippen molar-refractivity contribution in [2.45, 2.75) is 94.8 Å². The number of aromatic amines is 1. The van der Waals surface area contributed by atoms with Gasteiger partial charge in [-0.05, 0) is 31.2 Å². The van der Waals surface area contributed by atoms with Crippen LogP contribution in [0, 0.1) is 4.64 Å². The lowest BCUT2D eigenvalue weighted by atomic mass is 9.99. The second-order valence-corrected chi connectivity index (χ2v) is 11.9. The Bertz CT molecular complexity index is 1320. The molecule has 1 N–H and O–H groups in total. The average molecular weight is 599 g/mol. The van der Waals surface area contributed by atoms with Gasteiger partial charge in [-0.3, -0.25) is 19.2 Å². The van der Waals surface area contributed by atoms with E-state index in [0.717, 1.165) is 47.7 Å². The molecule has 0 radical (unpaired) electrons. The van der Waals surface area contributed by atoms with Crippen LogP contribution in [-0.4, -0.2) is 70.3 Å². The molecule has 0 aromatic carbocycles. The van der Waals surface area contributed by atoms with Crippen LogP contribution in [0.1, 0.15) is 57.4 Å². The fourth-order valence-corrected chi connectivity index (χ4v) is 7.61. The minimum atomic E-state index is -1.24. The number of thioether (sulfide) groups is 1. The number of thiophene rings is 1. The first kappa shape index (κ1) is 29.4. The van der Waals surface area contributed by atoms with Gasteiger partial charge in [-0.25, -0.2) is 4.98 Å².